The third-order valence-electron chi connectivity index (χ3n) is 2.69. The Hall–Kier alpha value is -2.36. The van der Waals surface area contributed by atoms with Crippen molar-refractivity contribution >= 4 is 18.0 Å². The number of esters is 1. The van der Waals surface area contributed by atoms with Crippen LogP contribution in [0.4, 0.5) is 0 Å². The standard InChI is InChI=1S/C14H13NO3/c1-9-12(14(17)18-2)11(13(16)15-9)8-10-6-4-3-5-7-10/h3-8H,1-2H3,(H,15,16). The molecule has 0 aliphatic carbocycles. The van der Waals surface area contributed by atoms with E-state index in [4.69, 9.17) is 4.74 Å². The molecule has 92 valence electrons. The van der Waals surface area contributed by atoms with Crippen LogP contribution in [0.3, 0.4) is 0 Å². The molecule has 1 aliphatic heterocycles. The largest absolute Gasteiger partial charge is 0.465 e. The van der Waals surface area contributed by atoms with E-state index in [9.17, 15) is 9.59 Å². The summed E-state index contributed by atoms with van der Waals surface area (Å²) in [5.41, 5.74) is 2.02. The van der Waals surface area contributed by atoms with Crippen LogP contribution >= 0.6 is 0 Å². The molecule has 1 amide bonds. The van der Waals surface area contributed by atoms with E-state index in [2.05, 4.69) is 5.32 Å². The minimum Gasteiger partial charge on any atom is -0.465 e. The highest BCUT2D eigenvalue weighted by atomic mass is 16.5. The van der Waals surface area contributed by atoms with Crippen LogP contribution in [0.2, 0.25) is 0 Å². The van der Waals surface area contributed by atoms with Gasteiger partial charge in [0.05, 0.1) is 18.3 Å². The van der Waals surface area contributed by atoms with Crippen LogP contribution in [-0.2, 0) is 14.3 Å². The minimum absolute atomic E-state index is 0.281. The number of carbonyl (C=O) groups is 2. The van der Waals surface area contributed by atoms with Gasteiger partial charge in [0, 0.05) is 5.70 Å². The molecule has 0 unspecified atom stereocenters. The van der Waals surface area contributed by atoms with Gasteiger partial charge in [-0.15, -0.1) is 0 Å². The van der Waals surface area contributed by atoms with Crippen molar-refractivity contribution in [2.45, 2.75) is 6.92 Å². The first-order valence-corrected chi connectivity index (χ1v) is 5.51. The number of hydrogen-bond acceptors (Lipinski definition) is 3. The monoisotopic (exact) mass is 243 g/mol. The molecular formula is C14H13NO3. The number of hydrogen-bond donors (Lipinski definition) is 1. The average Bonchev–Trinajstić information content (AvgIpc) is 2.65. The molecule has 0 saturated carbocycles. The third kappa shape index (κ3) is 2.18. The Balaban J connectivity index is 2.45. The van der Waals surface area contributed by atoms with E-state index >= 15 is 0 Å². The van der Waals surface area contributed by atoms with Crippen LogP contribution in [0.1, 0.15) is 12.5 Å². The lowest BCUT2D eigenvalue weighted by molar-refractivity contribution is -0.136. The van der Waals surface area contributed by atoms with E-state index < -0.39 is 5.97 Å². The number of allylic oxidation sites excluding steroid dienone is 1. The molecule has 0 radical (unpaired) electrons. The molecule has 4 nitrogen and oxygen atoms in total. The Morgan fingerprint density at radius 3 is 2.56 bits per heavy atom. The summed E-state index contributed by atoms with van der Waals surface area (Å²) in [5, 5.41) is 2.62. The van der Waals surface area contributed by atoms with Crippen LogP contribution in [0, 0.1) is 0 Å². The first-order valence-electron chi connectivity index (χ1n) is 5.51. The normalized spacial score (nSPS) is 17.0. The van der Waals surface area contributed by atoms with Crippen LogP contribution in [0.25, 0.3) is 6.08 Å². The highest BCUT2D eigenvalue weighted by molar-refractivity contribution is 6.16. The lowest BCUT2D eigenvalue weighted by atomic mass is 10.0. The van der Waals surface area contributed by atoms with Gasteiger partial charge in [-0.05, 0) is 18.6 Å². The number of amides is 1. The second-order valence-electron chi connectivity index (χ2n) is 3.91. The Bertz CT molecular complexity index is 556. The highest BCUT2D eigenvalue weighted by Crippen LogP contribution is 2.24. The van der Waals surface area contributed by atoms with Crippen molar-refractivity contribution in [2.24, 2.45) is 0 Å². The summed E-state index contributed by atoms with van der Waals surface area (Å²) in [5.74, 6) is -0.787. The van der Waals surface area contributed by atoms with E-state index in [0.29, 0.717) is 16.8 Å². The van der Waals surface area contributed by atoms with Crippen LogP contribution in [-0.4, -0.2) is 19.0 Å². The fourth-order valence-electron chi connectivity index (χ4n) is 1.83. The van der Waals surface area contributed by atoms with Crippen LogP contribution < -0.4 is 5.32 Å². The Morgan fingerprint density at radius 2 is 1.94 bits per heavy atom. The van der Waals surface area contributed by atoms with Crippen molar-refractivity contribution < 1.29 is 14.3 Å². The van der Waals surface area contributed by atoms with Crippen molar-refractivity contribution in [1.29, 1.82) is 0 Å². The van der Waals surface area contributed by atoms with Gasteiger partial charge in [-0.3, -0.25) is 4.79 Å². The number of methoxy groups -OCH3 is 1. The van der Waals surface area contributed by atoms with E-state index in [1.54, 1.807) is 13.0 Å². The molecule has 1 aliphatic rings. The van der Waals surface area contributed by atoms with Gasteiger partial charge in [0.1, 0.15) is 0 Å². The molecule has 2 rings (SSSR count). The number of rotatable bonds is 2. The summed E-state index contributed by atoms with van der Waals surface area (Å²) in [6.45, 7) is 1.68. The average molecular weight is 243 g/mol. The van der Waals surface area contributed by atoms with Crippen molar-refractivity contribution in [3.63, 3.8) is 0 Å². The summed E-state index contributed by atoms with van der Waals surface area (Å²) in [4.78, 5) is 23.4. The fourth-order valence-corrected chi connectivity index (χ4v) is 1.83. The molecule has 18 heavy (non-hydrogen) atoms. The van der Waals surface area contributed by atoms with Gasteiger partial charge in [-0.1, -0.05) is 30.3 Å². The maximum atomic E-state index is 11.8. The van der Waals surface area contributed by atoms with Gasteiger partial charge in [0.2, 0.25) is 0 Å². The fraction of sp³-hybridized carbons (Fsp3) is 0.143. The molecule has 1 aromatic rings. The second-order valence-corrected chi connectivity index (χ2v) is 3.91. The van der Waals surface area contributed by atoms with E-state index in [0.717, 1.165) is 5.56 Å². The molecule has 0 spiro atoms. The van der Waals surface area contributed by atoms with E-state index in [1.807, 2.05) is 30.3 Å². The van der Waals surface area contributed by atoms with Crippen molar-refractivity contribution in [1.82, 2.24) is 5.32 Å². The summed E-state index contributed by atoms with van der Waals surface area (Å²) in [6, 6.07) is 9.35. The van der Waals surface area contributed by atoms with Gasteiger partial charge in [-0.2, -0.15) is 0 Å². The molecule has 1 heterocycles. The van der Waals surface area contributed by atoms with Gasteiger partial charge in [0.25, 0.3) is 5.91 Å². The minimum atomic E-state index is -0.506. The second kappa shape index (κ2) is 4.87. The number of nitrogens with one attached hydrogen (secondary N) is 1. The summed E-state index contributed by atoms with van der Waals surface area (Å²) < 4.78 is 4.69. The highest BCUT2D eigenvalue weighted by Gasteiger charge is 2.30. The topological polar surface area (TPSA) is 55.4 Å². The SMILES string of the molecule is COC(=O)C1=C(C)NC(=O)C1=Cc1ccccc1. The number of benzene rings is 1. The summed E-state index contributed by atoms with van der Waals surface area (Å²) >= 11 is 0. The molecule has 0 atom stereocenters. The van der Waals surface area contributed by atoms with Gasteiger partial charge < -0.3 is 10.1 Å². The zero-order valence-electron chi connectivity index (χ0n) is 10.2. The first kappa shape index (κ1) is 12.1. The Labute approximate surface area is 105 Å². The molecule has 1 aromatic carbocycles. The molecule has 1 N–H and O–H groups in total. The Morgan fingerprint density at radius 1 is 1.28 bits per heavy atom. The summed E-state index contributed by atoms with van der Waals surface area (Å²) in [7, 11) is 1.30. The molecule has 0 fully saturated rings. The summed E-state index contributed by atoms with van der Waals surface area (Å²) in [6.07, 6.45) is 1.68. The van der Waals surface area contributed by atoms with Gasteiger partial charge in [-0.25, -0.2) is 4.79 Å². The maximum absolute atomic E-state index is 11.8. The maximum Gasteiger partial charge on any atom is 0.340 e. The quantitative estimate of drug-likeness (QED) is 0.634. The number of ether oxygens (including phenoxy) is 1. The Kier molecular flexibility index (Phi) is 3.28. The predicted octanol–water partition coefficient (Wildman–Crippen LogP) is 1.65. The zero-order chi connectivity index (χ0) is 13.1. The van der Waals surface area contributed by atoms with E-state index in [1.165, 1.54) is 7.11 Å². The van der Waals surface area contributed by atoms with Crippen LogP contribution in [0.15, 0.2) is 47.2 Å². The van der Waals surface area contributed by atoms with Crippen molar-refractivity contribution in [2.75, 3.05) is 7.11 Å². The molecule has 4 heteroatoms. The number of carbonyl (C=O) groups excluding carboxylic acids is 2. The van der Waals surface area contributed by atoms with Crippen molar-refractivity contribution in [3.8, 4) is 0 Å². The van der Waals surface area contributed by atoms with Crippen LogP contribution in [0.5, 0.6) is 0 Å². The molecule has 0 bridgehead atoms. The van der Waals surface area contributed by atoms with Gasteiger partial charge in [0.15, 0.2) is 0 Å². The van der Waals surface area contributed by atoms with Gasteiger partial charge >= 0.3 is 5.97 Å². The predicted molar refractivity (Wildman–Crippen MR) is 67.3 cm³/mol. The lowest BCUT2D eigenvalue weighted by Gasteiger charge is -2.02. The smallest absolute Gasteiger partial charge is 0.340 e. The first-order chi connectivity index (χ1) is 8.63. The lowest BCUT2D eigenvalue weighted by Crippen LogP contribution is -2.15. The molecule has 0 saturated heterocycles. The zero-order valence-corrected chi connectivity index (χ0v) is 10.2. The van der Waals surface area contributed by atoms with E-state index in [-0.39, 0.29) is 5.91 Å². The van der Waals surface area contributed by atoms with Crippen molar-refractivity contribution in [3.05, 3.63) is 52.7 Å². The molecule has 0 aromatic heterocycles. The molecular weight excluding hydrogens is 230 g/mol. The third-order valence-corrected chi connectivity index (χ3v) is 2.69.